The zero-order valence-electron chi connectivity index (χ0n) is 10.8. The normalized spacial score (nSPS) is 29.7. The van der Waals surface area contributed by atoms with Gasteiger partial charge in [-0.25, -0.2) is 0 Å². The third kappa shape index (κ3) is 2.00. The van der Waals surface area contributed by atoms with Gasteiger partial charge in [-0.15, -0.1) is 0 Å². The van der Waals surface area contributed by atoms with Gasteiger partial charge in [0.2, 0.25) is 5.79 Å². The average molecular weight is 249 g/mol. The Labute approximate surface area is 107 Å². The molecule has 4 nitrogen and oxygen atoms in total. The highest BCUT2D eigenvalue weighted by molar-refractivity contribution is 5.43. The molecule has 1 saturated heterocycles. The molecule has 0 aliphatic carbocycles. The van der Waals surface area contributed by atoms with Crippen molar-refractivity contribution in [3.63, 3.8) is 0 Å². The molecule has 0 aromatic heterocycles. The minimum absolute atomic E-state index is 0.157. The predicted octanol–water partition coefficient (Wildman–Crippen LogP) is 1.16. The maximum absolute atomic E-state index is 10.5. The van der Waals surface area contributed by atoms with Crippen molar-refractivity contribution in [1.82, 2.24) is 5.32 Å². The third-order valence-electron chi connectivity index (χ3n) is 3.50. The van der Waals surface area contributed by atoms with Crippen LogP contribution in [0.4, 0.5) is 0 Å². The van der Waals surface area contributed by atoms with Crippen molar-refractivity contribution >= 4 is 0 Å². The molecule has 2 heterocycles. The van der Waals surface area contributed by atoms with E-state index in [1.807, 2.05) is 18.2 Å². The molecule has 0 saturated carbocycles. The molecule has 1 atom stereocenters. The Morgan fingerprint density at radius 1 is 1.33 bits per heavy atom. The Hall–Kier alpha value is -1.10. The molecule has 1 aromatic carbocycles. The average Bonchev–Trinajstić information content (AvgIpc) is 2.62. The van der Waals surface area contributed by atoms with Crippen LogP contribution < -0.4 is 10.1 Å². The summed E-state index contributed by atoms with van der Waals surface area (Å²) in [5, 5.41) is 13.6. The summed E-state index contributed by atoms with van der Waals surface area (Å²) in [4.78, 5) is 0. The summed E-state index contributed by atoms with van der Waals surface area (Å²) >= 11 is 0. The molecule has 18 heavy (non-hydrogen) atoms. The fraction of sp³-hybridized carbons (Fsp3) is 0.571. The Morgan fingerprint density at radius 3 is 2.89 bits per heavy atom. The van der Waals surface area contributed by atoms with E-state index in [1.165, 1.54) is 0 Å². The summed E-state index contributed by atoms with van der Waals surface area (Å²) in [5.41, 5.74) is 1.78. The summed E-state index contributed by atoms with van der Waals surface area (Å²) in [6.07, 6.45) is 0.861. The van der Waals surface area contributed by atoms with E-state index in [9.17, 15) is 5.11 Å². The monoisotopic (exact) mass is 249 g/mol. The topological polar surface area (TPSA) is 50.7 Å². The van der Waals surface area contributed by atoms with Gasteiger partial charge in [-0.2, -0.15) is 0 Å². The maximum atomic E-state index is 10.5. The molecular weight excluding hydrogens is 230 g/mol. The van der Waals surface area contributed by atoms with Crippen LogP contribution in [0, 0.1) is 0 Å². The SMILES string of the molecule is CC1(C)Cc2cc(C3(O)CNCCO3)ccc2O1. The largest absolute Gasteiger partial charge is 0.487 e. The van der Waals surface area contributed by atoms with Crippen molar-refractivity contribution in [2.45, 2.75) is 31.7 Å². The summed E-state index contributed by atoms with van der Waals surface area (Å²) in [7, 11) is 0. The molecule has 98 valence electrons. The van der Waals surface area contributed by atoms with E-state index in [2.05, 4.69) is 19.2 Å². The van der Waals surface area contributed by atoms with Crippen molar-refractivity contribution in [2.75, 3.05) is 19.7 Å². The molecule has 1 fully saturated rings. The van der Waals surface area contributed by atoms with E-state index in [4.69, 9.17) is 9.47 Å². The van der Waals surface area contributed by atoms with Crippen LogP contribution in [0.5, 0.6) is 5.75 Å². The van der Waals surface area contributed by atoms with Gasteiger partial charge in [0.25, 0.3) is 0 Å². The van der Waals surface area contributed by atoms with E-state index in [0.29, 0.717) is 13.2 Å². The van der Waals surface area contributed by atoms with Crippen LogP contribution in [-0.4, -0.2) is 30.4 Å². The summed E-state index contributed by atoms with van der Waals surface area (Å²) in [5.74, 6) is -0.295. The summed E-state index contributed by atoms with van der Waals surface area (Å²) in [6.45, 7) is 5.87. The number of ether oxygens (including phenoxy) is 2. The zero-order chi connectivity index (χ0) is 12.8. The summed E-state index contributed by atoms with van der Waals surface area (Å²) in [6, 6.07) is 5.81. The number of fused-ring (bicyclic) bond motifs is 1. The van der Waals surface area contributed by atoms with Crippen LogP contribution in [0.15, 0.2) is 18.2 Å². The summed E-state index contributed by atoms with van der Waals surface area (Å²) < 4.78 is 11.3. The van der Waals surface area contributed by atoms with Crippen molar-refractivity contribution < 1.29 is 14.6 Å². The van der Waals surface area contributed by atoms with Gasteiger partial charge in [0.1, 0.15) is 11.4 Å². The quantitative estimate of drug-likeness (QED) is 0.784. The highest BCUT2D eigenvalue weighted by atomic mass is 16.6. The van der Waals surface area contributed by atoms with Gasteiger partial charge in [-0.05, 0) is 37.6 Å². The van der Waals surface area contributed by atoms with Crippen LogP contribution >= 0.6 is 0 Å². The zero-order valence-corrected chi connectivity index (χ0v) is 10.8. The second kappa shape index (κ2) is 3.95. The van der Waals surface area contributed by atoms with Gasteiger partial charge >= 0.3 is 0 Å². The first-order valence-corrected chi connectivity index (χ1v) is 6.38. The Kier molecular flexibility index (Phi) is 2.62. The molecule has 0 radical (unpaired) electrons. The van der Waals surface area contributed by atoms with E-state index >= 15 is 0 Å². The molecule has 4 heteroatoms. The first-order valence-electron chi connectivity index (χ1n) is 6.38. The first kappa shape index (κ1) is 12.0. The van der Waals surface area contributed by atoms with Gasteiger partial charge < -0.3 is 19.9 Å². The maximum Gasteiger partial charge on any atom is 0.205 e. The lowest BCUT2D eigenvalue weighted by molar-refractivity contribution is -0.222. The van der Waals surface area contributed by atoms with Crippen LogP contribution in [0.3, 0.4) is 0 Å². The van der Waals surface area contributed by atoms with Gasteiger partial charge in [0, 0.05) is 18.5 Å². The van der Waals surface area contributed by atoms with Crippen molar-refractivity contribution in [3.05, 3.63) is 29.3 Å². The number of hydrogen-bond donors (Lipinski definition) is 2. The molecule has 0 bridgehead atoms. The number of β-amino-alcohol motifs (C(OH)–C–C–N with tert-alkyl or cyclic N) is 1. The van der Waals surface area contributed by atoms with Gasteiger partial charge in [-0.1, -0.05) is 0 Å². The fourth-order valence-corrected chi connectivity index (χ4v) is 2.64. The molecule has 2 aliphatic rings. The molecule has 2 aliphatic heterocycles. The number of aliphatic hydroxyl groups is 1. The van der Waals surface area contributed by atoms with E-state index in [-0.39, 0.29) is 5.60 Å². The smallest absolute Gasteiger partial charge is 0.205 e. The van der Waals surface area contributed by atoms with E-state index in [1.54, 1.807) is 0 Å². The lowest BCUT2D eigenvalue weighted by Crippen LogP contribution is -2.47. The van der Waals surface area contributed by atoms with Crippen molar-refractivity contribution in [3.8, 4) is 5.75 Å². The Morgan fingerprint density at radius 2 is 2.17 bits per heavy atom. The minimum Gasteiger partial charge on any atom is -0.487 e. The fourth-order valence-electron chi connectivity index (χ4n) is 2.64. The second-order valence-electron chi connectivity index (χ2n) is 5.67. The van der Waals surface area contributed by atoms with Crippen LogP contribution in [0.25, 0.3) is 0 Å². The first-order chi connectivity index (χ1) is 8.49. The molecule has 0 amide bonds. The van der Waals surface area contributed by atoms with Crippen molar-refractivity contribution in [1.29, 1.82) is 0 Å². The molecular formula is C14H19NO3. The Balaban J connectivity index is 1.92. The number of hydrogen-bond acceptors (Lipinski definition) is 4. The van der Waals surface area contributed by atoms with E-state index in [0.717, 1.165) is 29.8 Å². The number of benzene rings is 1. The van der Waals surface area contributed by atoms with Gasteiger partial charge in [0.15, 0.2) is 0 Å². The molecule has 0 spiro atoms. The number of rotatable bonds is 1. The highest BCUT2D eigenvalue weighted by Gasteiger charge is 2.36. The lowest BCUT2D eigenvalue weighted by Gasteiger charge is -2.33. The van der Waals surface area contributed by atoms with Crippen LogP contribution in [-0.2, 0) is 16.9 Å². The third-order valence-corrected chi connectivity index (χ3v) is 3.50. The van der Waals surface area contributed by atoms with E-state index < -0.39 is 5.79 Å². The predicted molar refractivity (Wildman–Crippen MR) is 67.6 cm³/mol. The second-order valence-corrected chi connectivity index (χ2v) is 5.67. The standard InChI is InChI=1S/C14H19NO3/c1-13(2)8-10-7-11(3-4-12(10)18-13)14(16)9-15-5-6-17-14/h3-4,7,15-16H,5-6,8-9H2,1-2H3. The van der Waals surface area contributed by atoms with Crippen molar-refractivity contribution in [2.24, 2.45) is 0 Å². The van der Waals surface area contributed by atoms with Gasteiger partial charge in [-0.3, -0.25) is 0 Å². The highest BCUT2D eigenvalue weighted by Crippen LogP contribution is 2.37. The molecule has 2 N–H and O–H groups in total. The lowest BCUT2D eigenvalue weighted by atomic mass is 9.97. The van der Waals surface area contributed by atoms with Gasteiger partial charge in [0.05, 0.1) is 13.2 Å². The Bertz CT molecular complexity index is 464. The molecule has 1 aromatic rings. The molecule has 3 rings (SSSR count). The van der Waals surface area contributed by atoms with Crippen LogP contribution in [0.2, 0.25) is 0 Å². The number of nitrogens with one attached hydrogen (secondary N) is 1. The molecule has 1 unspecified atom stereocenters. The minimum atomic E-state index is -1.21. The van der Waals surface area contributed by atoms with Crippen LogP contribution in [0.1, 0.15) is 25.0 Å². The number of morpholine rings is 1.